The molecule has 1 aromatic carbocycles. The van der Waals surface area contributed by atoms with Crippen molar-refractivity contribution in [1.82, 2.24) is 24.5 Å². The van der Waals surface area contributed by atoms with Crippen molar-refractivity contribution in [3.8, 4) is 0 Å². The topological polar surface area (TPSA) is 77.0 Å². The first-order valence-corrected chi connectivity index (χ1v) is 10.7. The average molecular weight is 416 g/mol. The summed E-state index contributed by atoms with van der Waals surface area (Å²) in [5.41, 5.74) is 1.14. The number of aromatic nitrogens is 2. The predicted molar refractivity (Wildman–Crippen MR) is 117 cm³/mol. The number of hydrogen-bond donors (Lipinski definition) is 1. The number of guanidine groups is 1. The molecule has 2 aromatic rings. The summed E-state index contributed by atoms with van der Waals surface area (Å²) in [7, 11) is 3.52. The molecule has 29 heavy (non-hydrogen) atoms. The second-order valence-corrected chi connectivity index (χ2v) is 7.82. The Bertz CT molecular complexity index is 813. The highest BCUT2D eigenvalue weighted by molar-refractivity contribution is 7.09. The maximum Gasteiger partial charge on any atom is 0.241 e. The SMILES string of the molecule is CCc1nsc(N2CCN(C(=NCc3ccccc3)NCC(=O)N(C)C)CC2)n1. The predicted octanol–water partition coefficient (Wildman–Crippen LogP) is 1.46. The number of anilines is 1. The summed E-state index contributed by atoms with van der Waals surface area (Å²) in [5, 5.41) is 4.24. The van der Waals surface area contributed by atoms with Crippen molar-refractivity contribution in [1.29, 1.82) is 0 Å². The largest absolute Gasteiger partial charge is 0.347 e. The minimum atomic E-state index is 0.0250. The van der Waals surface area contributed by atoms with E-state index < -0.39 is 0 Å². The molecule has 8 nitrogen and oxygen atoms in total. The quantitative estimate of drug-likeness (QED) is 0.569. The van der Waals surface area contributed by atoms with Gasteiger partial charge in [0, 0.05) is 58.2 Å². The van der Waals surface area contributed by atoms with Crippen LogP contribution in [-0.4, -0.2) is 77.8 Å². The molecule has 1 aliphatic heterocycles. The van der Waals surface area contributed by atoms with Crippen LogP contribution in [0.2, 0.25) is 0 Å². The minimum absolute atomic E-state index is 0.0250. The Morgan fingerprint density at radius 1 is 1.21 bits per heavy atom. The normalized spacial score (nSPS) is 14.8. The Kier molecular flexibility index (Phi) is 7.40. The maximum atomic E-state index is 12.0. The Hall–Kier alpha value is -2.68. The van der Waals surface area contributed by atoms with Gasteiger partial charge in [-0.1, -0.05) is 37.3 Å². The second-order valence-electron chi connectivity index (χ2n) is 7.09. The van der Waals surface area contributed by atoms with Crippen molar-refractivity contribution in [2.45, 2.75) is 19.9 Å². The van der Waals surface area contributed by atoms with Crippen LogP contribution in [0.15, 0.2) is 35.3 Å². The van der Waals surface area contributed by atoms with Crippen LogP contribution >= 0.6 is 11.5 Å². The highest BCUT2D eigenvalue weighted by Gasteiger charge is 2.22. The lowest BCUT2D eigenvalue weighted by molar-refractivity contribution is -0.127. The summed E-state index contributed by atoms with van der Waals surface area (Å²) in [6, 6.07) is 10.1. The molecule has 0 radical (unpaired) electrons. The smallest absolute Gasteiger partial charge is 0.241 e. The maximum absolute atomic E-state index is 12.0. The van der Waals surface area contributed by atoms with Gasteiger partial charge in [0.2, 0.25) is 11.0 Å². The van der Waals surface area contributed by atoms with E-state index in [0.29, 0.717) is 6.54 Å². The van der Waals surface area contributed by atoms with Crippen LogP contribution in [0.4, 0.5) is 5.13 Å². The fourth-order valence-electron chi connectivity index (χ4n) is 2.96. The van der Waals surface area contributed by atoms with E-state index in [0.717, 1.165) is 55.1 Å². The number of amides is 1. The van der Waals surface area contributed by atoms with Gasteiger partial charge in [0.15, 0.2) is 5.96 Å². The van der Waals surface area contributed by atoms with Gasteiger partial charge in [-0.3, -0.25) is 4.79 Å². The van der Waals surface area contributed by atoms with E-state index in [-0.39, 0.29) is 12.5 Å². The molecule has 3 rings (SSSR count). The van der Waals surface area contributed by atoms with Crippen LogP contribution in [0.3, 0.4) is 0 Å². The first kappa shape index (κ1) is 21.0. The molecule has 9 heteroatoms. The molecule has 0 bridgehead atoms. The number of aliphatic imine (C=N–C) groups is 1. The molecule has 0 unspecified atom stereocenters. The standard InChI is InChI=1S/C20H29N7OS/c1-4-17-23-20(29-24-17)27-12-10-26(11-13-27)19(22-15-18(28)25(2)3)21-14-16-8-6-5-7-9-16/h5-9H,4,10-15H2,1-3H3,(H,21,22). The fraction of sp³-hybridized carbons (Fsp3) is 0.500. The Morgan fingerprint density at radius 2 is 1.93 bits per heavy atom. The summed E-state index contributed by atoms with van der Waals surface area (Å²) in [5.74, 6) is 1.70. The number of carbonyl (C=O) groups is 1. The van der Waals surface area contributed by atoms with Gasteiger partial charge in [-0.2, -0.15) is 4.37 Å². The van der Waals surface area contributed by atoms with Gasteiger partial charge < -0.3 is 20.0 Å². The van der Waals surface area contributed by atoms with E-state index in [4.69, 9.17) is 4.99 Å². The van der Waals surface area contributed by atoms with Crippen molar-refractivity contribution >= 4 is 28.5 Å². The van der Waals surface area contributed by atoms with Gasteiger partial charge >= 0.3 is 0 Å². The van der Waals surface area contributed by atoms with E-state index in [1.165, 1.54) is 11.5 Å². The van der Waals surface area contributed by atoms with Crippen molar-refractivity contribution in [3.63, 3.8) is 0 Å². The van der Waals surface area contributed by atoms with Crippen LogP contribution in [0.5, 0.6) is 0 Å². The van der Waals surface area contributed by atoms with Crippen molar-refractivity contribution in [3.05, 3.63) is 41.7 Å². The lowest BCUT2D eigenvalue weighted by Gasteiger charge is -2.36. The molecular formula is C20H29N7OS. The average Bonchev–Trinajstić information content (AvgIpc) is 3.24. The van der Waals surface area contributed by atoms with Gasteiger partial charge in [0.1, 0.15) is 5.82 Å². The van der Waals surface area contributed by atoms with Gasteiger partial charge in [-0.15, -0.1) is 0 Å². The van der Waals surface area contributed by atoms with Crippen molar-refractivity contribution < 1.29 is 4.79 Å². The van der Waals surface area contributed by atoms with E-state index >= 15 is 0 Å². The fourth-order valence-corrected chi connectivity index (χ4v) is 3.76. The monoisotopic (exact) mass is 415 g/mol. The molecule has 1 fully saturated rings. The van der Waals surface area contributed by atoms with Crippen LogP contribution in [0.1, 0.15) is 18.3 Å². The third kappa shape index (κ3) is 5.90. The number of nitrogens with zero attached hydrogens (tertiary/aromatic N) is 6. The first-order chi connectivity index (χ1) is 14.1. The number of nitrogens with one attached hydrogen (secondary N) is 1. The highest BCUT2D eigenvalue weighted by atomic mass is 32.1. The number of benzene rings is 1. The zero-order chi connectivity index (χ0) is 20.6. The number of piperazine rings is 1. The van der Waals surface area contributed by atoms with E-state index in [9.17, 15) is 4.79 Å². The zero-order valence-corrected chi connectivity index (χ0v) is 18.2. The van der Waals surface area contributed by atoms with Gasteiger partial charge in [0.25, 0.3) is 0 Å². The number of carbonyl (C=O) groups excluding carboxylic acids is 1. The van der Waals surface area contributed by atoms with E-state index in [1.807, 2.05) is 18.2 Å². The van der Waals surface area contributed by atoms with Gasteiger partial charge in [0.05, 0.1) is 13.1 Å². The van der Waals surface area contributed by atoms with Crippen molar-refractivity contribution in [2.24, 2.45) is 4.99 Å². The zero-order valence-electron chi connectivity index (χ0n) is 17.3. The molecule has 1 saturated heterocycles. The first-order valence-electron chi connectivity index (χ1n) is 9.91. The summed E-state index contributed by atoms with van der Waals surface area (Å²) >= 11 is 1.47. The van der Waals surface area contributed by atoms with Gasteiger partial charge in [-0.25, -0.2) is 9.98 Å². The molecule has 0 spiro atoms. The Morgan fingerprint density at radius 3 is 2.55 bits per heavy atom. The number of rotatable bonds is 6. The molecule has 1 aromatic heterocycles. The third-order valence-corrected chi connectivity index (χ3v) is 5.59. The summed E-state index contributed by atoms with van der Waals surface area (Å²) in [6.07, 6.45) is 0.858. The van der Waals surface area contributed by atoms with Crippen molar-refractivity contribution in [2.75, 3.05) is 51.7 Å². The Labute approximate surface area is 176 Å². The molecule has 0 saturated carbocycles. The highest BCUT2D eigenvalue weighted by Crippen LogP contribution is 2.19. The molecule has 156 valence electrons. The van der Waals surface area contributed by atoms with Crippen LogP contribution in [0, 0.1) is 0 Å². The summed E-state index contributed by atoms with van der Waals surface area (Å²) in [4.78, 5) is 27.5. The number of hydrogen-bond acceptors (Lipinski definition) is 6. The van der Waals surface area contributed by atoms with E-state index in [1.54, 1.807) is 19.0 Å². The van der Waals surface area contributed by atoms with Crippen LogP contribution in [0.25, 0.3) is 0 Å². The summed E-state index contributed by atoms with van der Waals surface area (Å²) in [6.45, 7) is 6.22. The third-order valence-electron chi connectivity index (χ3n) is 4.77. The molecule has 0 aliphatic carbocycles. The molecule has 1 amide bonds. The molecular weight excluding hydrogens is 386 g/mol. The van der Waals surface area contributed by atoms with E-state index in [2.05, 4.69) is 43.5 Å². The van der Waals surface area contributed by atoms with Gasteiger partial charge in [-0.05, 0) is 5.56 Å². The molecule has 1 aliphatic rings. The molecule has 0 atom stereocenters. The number of likely N-dealkylation sites (N-methyl/N-ethyl adjacent to an activating group) is 1. The lowest BCUT2D eigenvalue weighted by Crippen LogP contribution is -2.53. The Balaban J connectivity index is 1.64. The molecule has 1 N–H and O–H groups in total. The minimum Gasteiger partial charge on any atom is -0.347 e. The van der Waals surface area contributed by atoms with Crippen LogP contribution < -0.4 is 10.2 Å². The lowest BCUT2D eigenvalue weighted by atomic mass is 10.2. The molecule has 2 heterocycles. The summed E-state index contributed by atoms with van der Waals surface area (Å²) < 4.78 is 4.39. The second kappa shape index (κ2) is 10.2. The number of aryl methyl sites for hydroxylation is 1. The van der Waals surface area contributed by atoms with Crippen LogP contribution in [-0.2, 0) is 17.8 Å².